The van der Waals surface area contributed by atoms with E-state index in [1.54, 1.807) is 23.6 Å². The van der Waals surface area contributed by atoms with Crippen molar-refractivity contribution in [2.45, 2.75) is 0 Å². The minimum Gasteiger partial charge on any atom is -0.379 e. The third-order valence-corrected chi connectivity index (χ3v) is 1.96. The summed E-state index contributed by atoms with van der Waals surface area (Å²) in [5, 5.41) is 5.02. The maximum Gasteiger partial charge on any atom is 0.117 e. The molecule has 0 spiro atoms. The molecule has 0 amide bonds. The van der Waals surface area contributed by atoms with Gasteiger partial charge in [-0.15, -0.1) is 0 Å². The van der Waals surface area contributed by atoms with Crippen molar-refractivity contribution in [1.82, 2.24) is 4.98 Å². The van der Waals surface area contributed by atoms with Gasteiger partial charge in [-0.2, -0.15) is 0 Å². The van der Waals surface area contributed by atoms with Crippen molar-refractivity contribution in [3.63, 3.8) is 0 Å². The Morgan fingerprint density at radius 1 is 1.89 bits per heavy atom. The van der Waals surface area contributed by atoms with Gasteiger partial charge in [0.05, 0.1) is 6.20 Å². The van der Waals surface area contributed by atoms with Crippen LogP contribution in [-0.4, -0.2) is 12.0 Å². The molecule has 0 aromatic carbocycles. The summed E-state index contributed by atoms with van der Waals surface area (Å²) in [5.41, 5.74) is 0. The van der Waals surface area contributed by atoms with E-state index in [0.717, 1.165) is 10.0 Å². The molecule has 0 aliphatic heterocycles. The zero-order valence-corrected chi connectivity index (χ0v) is 6.03. The normalized spacial score (nSPS) is 9.00. The average Bonchev–Trinajstić information content (AvgIpc) is 2.34. The van der Waals surface area contributed by atoms with Crippen LogP contribution in [0.1, 0.15) is 5.01 Å². The van der Waals surface area contributed by atoms with E-state index in [-0.39, 0.29) is 0 Å². The Morgan fingerprint density at radius 2 is 2.67 bits per heavy atom. The molecule has 0 atom stereocenters. The number of rotatable bonds is 2. The first-order valence-corrected chi connectivity index (χ1v) is 3.44. The van der Waals surface area contributed by atoms with Gasteiger partial charge in [0, 0.05) is 7.05 Å². The predicted molar refractivity (Wildman–Crippen MR) is 41.8 cm³/mol. The second-order valence-electron chi connectivity index (χ2n) is 1.52. The maximum atomic E-state index is 4.04. The molecule has 1 rings (SSSR count). The summed E-state index contributed by atoms with van der Waals surface area (Å²) >= 11 is 1.59. The predicted octanol–water partition coefficient (Wildman–Crippen LogP) is 1.83. The zero-order chi connectivity index (χ0) is 6.69. The molecular formula is C6H8N2S. The van der Waals surface area contributed by atoms with Crippen molar-refractivity contribution in [2.24, 2.45) is 0 Å². The van der Waals surface area contributed by atoms with Crippen molar-refractivity contribution < 1.29 is 0 Å². The molecule has 48 valence electrons. The first-order chi connectivity index (χ1) is 4.36. The molecule has 1 heterocycles. The summed E-state index contributed by atoms with van der Waals surface area (Å²) in [6, 6.07) is 0. The van der Waals surface area contributed by atoms with Crippen LogP contribution in [0.2, 0.25) is 0 Å². The fourth-order valence-electron chi connectivity index (χ4n) is 0.498. The molecule has 1 N–H and O–H groups in total. The van der Waals surface area contributed by atoms with E-state index in [2.05, 4.69) is 16.9 Å². The number of hydrogen-bond donors (Lipinski definition) is 1. The number of aromatic nitrogens is 1. The minimum absolute atomic E-state index is 0.958. The van der Waals surface area contributed by atoms with Crippen molar-refractivity contribution in [2.75, 3.05) is 12.4 Å². The van der Waals surface area contributed by atoms with E-state index in [1.165, 1.54) is 0 Å². The van der Waals surface area contributed by atoms with Gasteiger partial charge in [-0.3, -0.25) is 0 Å². The Labute approximate surface area is 58.2 Å². The molecule has 0 fully saturated rings. The van der Waals surface area contributed by atoms with Gasteiger partial charge in [-0.25, -0.2) is 4.98 Å². The lowest BCUT2D eigenvalue weighted by molar-refractivity contribution is 1.38. The van der Waals surface area contributed by atoms with Crippen LogP contribution < -0.4 is 5.32 Å². The van der Waals surface area contributed by atoms with Crippen molar-refractivity contribution in [3.8, 4) is 0 Å². The lowest BCUT2D eigenvalue weighted by Gasteiger charge is -1.85. The molecule has 0 bridgehead atoms. The highest BCUT2D eigenvalue weighted by molar-refractivity contribution is 7.16. The van der Waals surface area contributed by atoms with E-state index >= 15 is 0 Å². The molecule has 0 radical (unpaired) electrons. The lowest BCUT2D eigenvalue weighted by Crippen LogP contribution is -1.80. The van der Waals surface area contributed by atoms with Gasteiger partial charge in [0.25, 0.3) is 0 Å². The van der Waals surface area contributed by atoms with Gasteiger partial charge < -0.3 is 5.32 Å². The Morgan fingerprint density at radius 3 is 3.00 bits per heavy atom. The number of hydrogen-bond acceptors (Lipinski definition) is 3. The van der Waals surface area contributed by atoms with Crippen LogP contribution in [0.4, 0.5) is 5.00 Å². The largest absolute Gasteiger partial charge is 0.379 e. The van der Waals surface area contributed by atoms with Crippen LogP contribution in [-0.2, 0) is 0 Å². The van der Waals surface area contributed by atoms with Gasteiger partial charge in [0.1, 0.15) is 10.0 Å². The number of nitrogens with zero attached hydrogens (tertiary/aromatic N) is 1. The zero-order valence-electron chi connectivity index (χ0n) is 5.22. The number of thiazole rings is 1. The third kappa shape index (κ3) is 1.29. The Bertz CT molecular complexity index is 205. The van der Waals surface area contributed by atoms with E-state index < -0.39 is 0 Å². The molecule has 0 aliphatic rings. The molecule has 0 saturated carbocycles. The maximum absolute atomic E-state index is 4.04. The van der Waals surface area contributed by atoms with Gasteiger partial charge in [0.2, 0.25) is 0 Å². The highest BCUT2D eigenvalue weighted by Gasteiger charge is 1.92. The third-order valence-electron chi connectivity index (χ3n) is 0.945. The van der Waals surface area contributed by atoms with Gasteiger partial charge in [-0.05, 0) is 6.08 Å². The molecule has 3 heteroatoms. The molecule has 1 aromatic heterocycles. The summed E-state index contributed by atoms with van der Waals surface area (Å²) in [4.78, 5) is 4.04. The SMILES string of the molecule is C=Cc1ncc(NC)s1. The standard InChI is InChI=1S/C6H8N2S/c1-3-5-8-4-6(7-2)9-5/h3-4,7H,1H2,2H3. The number of nitrogens with one attached hydrogen (secondary N) is 1. The quantitative estimate of drug-likeness (QED) is 0.677. The van der Waals surface area contributed by atoms with E-state index in [1.807, 2.05) is 7.05 Å². The van der Waals surface area contributed by atoms with Crippen LogP contribution in [0.3, 0.4) is 0 Å². The van der Waals surface area contributed by atoms with E-state index in [4.69, 9.17) is 0 Å². The minimum atomic E-state index is 0.958. The highest BCUT2D eigenvalue weighted by Crippen LogP contribution is 2.17. The van der Waals surface area contributed by atoms with Gasteiger partial charge >= 0.3 is 0 Å². The van der Waals surface area contributed by atoms with Gasteiger partial charge in [-0.1, -0.05) is 17.9 Å². The Kier molecular flexibility index (Phi) is 1.85. The summed E-state index contributed by atoms with van der Waals surface area (Å²) in [6.45, 7) is 3.60. The summed E-state index contributed by atoms with van der Waals surface area (Å²) in [7, 11) is 1.88. The Hall–Kier alpha value is -0.830. The van der Waals surface area contributed by atoms with Crippen molar-refractivity contribution in [1.29, 1.82) is 0 Å². The molecular weight excluding hydrogens is 132 g/mol. The summed E-state index contributed by atoms with van der Waals surface area (Å²) < 4.78 is 0. The van der Waals surface area contributed by atoms with Crippen LogP contribution in [0, 0.1) is 0 Å². The van der Waals surface area contributed by atoms with E-state index in [0.29, 0.717) is 0 Å². The second-order valence-corrected chi connectivity index (χ2v) is 2.58. The first kappa shape index (κ1) is 6.29. The fourth-order valence-corrected chi connectivity index (χ4v) is 1.12. The molecule has 9 heavy (non-hydrogen) atoms. The van der Waals surface area contributed by atoms with Crippen LogP contribution in [0.5, 0.6) is 0 Å². The summed E-state index contributed by atoms with van der Waals surface area (Å²) in [6.07, 6.45) is 3.53. The fraction of sp³-hybridized carbons (Fsp3) is 0.167. The highest BCUT2D eigenvalue weighted by atomic mass is 32.1. The van der Waals surface area contributed by atoms with Gasteiger partial charge in [0.15, 0.2) is 0 Å². The van der Waals surface area contributed by atoms with Crippen LogP contribution in [0.25, 0.3) is 6.08 Å². The first-order valence-electron chi connectivity index (χ1n) is 2.63. The Balaban J connectivity index is 2.86. The topological polar surface area (TPSA) is 24.9 Å². The average molecular weight is 140 g/mol. The summed E-state index contributed by atoms with van der Waals surface area (Å²) in [5.74, 6) is 0. The number of anilines is 1. The molecule has 0 aliphatic carbocycles. The van der Waals surface area contributed by atoms with Crippen LogP contribution in [0.15, 0.2) is 12.8 Å². The molecule has 1 aromatic rings. The second kappa shape index (κ2) is 2.64. The smallest absolute Gasteiger partial charge is 0.117 e. The van der Waals surface area contributed by atoms with Crippen molar-refractivity contribution in [3.05, 3.63) is 17.8 Å². The van der Waals surface area contributed by atoms with Crippen LogP contribution >= 0.6 is 11.3 Å². The molecule has 0 unspecified atom stereocenters. The lowest BCUT2D eigenvalue weighted by atomic mass is 10.7. The molecule has 2 nitrogen and oxygen atoms in total. The monoisotopic (exact) mass is 140 g/mol. The van der Waals surface area contributed by atoms with Crippen molar-refractivity contribution >= 4 is 22.4 Å². The molecule has 0 saturated heterocycles. The van der Waals surface area contributed by atoms with E-state index in [9.17, 15) is 0 Å².